The minimum absolute atomic E-state index is 0. The third-order valence-electron chi connectivity index (χ3n) is 4.04. The van der Waals surface area contributed by atoms with Crippen molar-refractivity contribution in [2.75, 3.05) is 0 Å². The zero-order valence-electron chi connectivity index (χ0n) is 20.3. The van der Waals surface area contributed by atoms with E-state index in [1.807, 2.05) is 64.2 Å². The van der Waals surface area contributed by atoms with E-state index in [9.17, 15) is 0 Å². The minimum atomic E-state index is -0.409. The van der Waals surface area contributed by atoms with Crippen LogP contribution in [0, 0.1) is 122 Å². The fourth-order valence-corrected chi connectivity index (χ4v) is 5.06. The van der Waals surface area contributed by atoms with E-state index in [2.05, 4.69) is 113 Å². The van der Waals surface area contributed by atoms with E-state index in [-0.39, 0.29) is 38.8 Å². The molecule has 2 aromatic rings. The van der Waals surface area contributed by atoms with Crippen LogP contribution in [0.5, 0.6) is 0 Å². The van der Waals surface area contributed by atoms with Gasteiger partial charge in [0.05, 0.1) is 0 Å². The van der Waals surface area contributed by atoms with Gasteiger partial charge in [-0.05, 0) is 108 Å². The first-order valence-electron chi connectivity index (χ1n) is 10.2. The molecule has 0 spiro atoms. The predicted octanol–water partition coefficient (Wildman–Crippen LogP) is 5.37. The molecular formula is C31H24MnO4PTi. The van der Waals surface area contributed by atoms with Gasteiger partial charge in [-0.3, -0.25) is 0 Å². The Bertz CT molecular complexity index is 709. The van der Waals surface area contributed by atoms with E-state index in [1.165, 1.54) is 16.3 Å². The Kier molecular flexibility index (Phi) is 41.8. The summed E-state index contributed by atoms with van der Waals surface area (Å²) in [6.45, 7) is 18.0. The second kappa shape index (κ2) is 36.1. The molecule has 0 atom stereocenters. The van der Waals surface area contributed by atoms with Gasteiger partial charge in [0.1, 0.15) is 0 Å². The molecule has 3 fully saturated rings. The Morgan fingerprint density at radius 3 is 0.868 bits per heavy atom. The van der Waals surface area contributed by atoms with Crippen LogP contribution in [0.4, 0.5) is 0 Å². The molecule has 0 aromatic heterocycles. The summed E-state index contributed by atoms with van der Waals surface area (Å²) < 4.78 is 30.0. The van der Waals surface area contributed by atoms with E-state index in [4.69, 9.17) is 18.6 Å². The van der Waals surface area contributed by atoms with Crippen molar-refractivity contribution >= 4 is 18.5 Å². The van der Waals surface area contributed by atoms with Gasteiger partial charge in [-0.1, -0.05) is 60.7 Å². The zero-order valence-corrected chi connectivity index (χ0v) is 24.0. The van der Waals surface area contributed by atoms with Gasteiger partial charge in [-0.25, -0.2) is 0 Å². The fraction of sp³-hybridized carbons (Fsp3) is 0. The second-order valence-electron chi connectivity index (χ2n) is 6.07. The van der Waals surface area contributed by atoms with Crippen molar-refractivity contribution in [3.8, 4) is 0 Å². The number of benzene rings is 2. The summed E-state index contributed by atoms with van der Waals surface area (Å²) in [4.78, 5) is 0. The molecule has 0 heterocycles. The average molecular weight is 594 g/mol. The van der Waals surface area contributed by atoms with Crippen molar-refractivity contribution in [3.63, 3.8) is 0 Å². The Morgan fingerprint density at radius 2 is 0.632 bits per heavy atom. The minimum Gasteiger partial charge on any atom is -0.0622 e. The molecule has 0 unspecified atom stereocenters. The largest absolute Gasteiger partial charge is 0.0622 e. The van der Waals surface area contributed by atoms with E-state index in [1.54, 1.807) is 0 Å². The van der Waals surface area contributed by atoms with Crippen molar-refractivity contribution in [2.24, 2.45) is 0 Å². The molecule has 4 nitrogen and oxygen atoms in total. The maximum Gasteiger partial charge on any atom is 0.0161 e. The third kappa shape index (κ3) is 21.0. The molecule has 38 heavy (non-hydrogen) atoms. The summed E-state index contributed by atoms with van der Waals surface area (Å²) in [5, 5.41) is 2.81. The number of hydrogen-bond donors (Lipinski definition) is 0. The summed E-state index contributed by atoms with van der Waals surface area (Å²) >= 11 is 0. The first-order chi connectivity index (χ1) is 17.9. The Morgan fingerprint density at radius 1 is 0.395 bits per heavy atom. The van der Waals surface area contributed by atoms with Crippen LogP contribution >= 0.6 is 7.92 Å². The van der Waals surface area contributed by atoms with Crippen LogP contribution in [0.1, 0.15) is 0 Å². The second-order valence-corrected chi connectivity index (χ2v) is 8.29. The van der Waals surface area contributed by atoms with Crippen LogP contribution in [0.2, 0.25) is 0 Å². The first-order valence-corrected chi connectivity index (χ1v) is 11.6. The average Bonchev–Trinajstić information content (AvgIpc) is 3.81. The first kappa shape index (κ1) is 44.1. The van der Waals surface area contributed by atoms with Gasteiger partial charge >= 0.3 is 45.2 Å². The SMILES string of the molecule is [C-]#[O+].[C-]#[O+].[C-]#[O+].[C-]#[O+].[CH]1[CH][CH][CH][CH]1.[CH]1[CH][CH][CH][CH]1.[CH]1[CH][CH][C](P(c2ccccc2)c2ccccc2)[CH]1.[Mn].[Ti]. The number of hydrogen-bond acceptors (Lipinski definition) is 0. The van der Waals surface area contributed by atoms with Gasteiger partial charge in [0.15, 0.2) is 0 Å². The van der Waals surface area contributed by atoms with Gasteiger partial charge in [-0.15, -0.1) is 0 Å². The van der Waals surface area contributed by atoms with E-state index < -0.39 is 7.92 Å². The van der Waals surface area contributed by atoms with Gasteiger partial charge < -0.3 is 0 Å². The molecule has 3 saturated carbocycles. The van der Waals surface area contributed by atoms with Gasteiger partial charge in [0.25, 0.3) is 0 Å². The fourth-order valence-electron chi connectivity index (χ4n) is 2.76. The molecule has 3 aliphatic rings. The molecule has 0 amide bonds. The van der Waals surface area contributed by atoms with E-state index in [0.717, 1.165) is 0 Å². The topological polar surface area (TPSA) is 79.6 Å². The van der Waals surface area contributed by atoms with Crippen molar-refractivity contribution in [1.29, 1.82) is 0 Å². The predicted molar refractivity (Wildman–Crippen MR) is 138 cm³/mol. The van der Waals surface area contributed by atoms with Crippen molar-refractivity contribution in [1.82, 2.24) is 0 Å². The molecular weight excluding hydrogens is 570 g/mol. The maximum atomic E-state index is 7.50. The summed E-state index contributed by atoms with van der Waals surface area (Å²) in [5.74, 6) is 0. The molecule has 0 N–H and O–H groups in total. The van der Waals surface area contributed by atoms with Gasteiger partial charge in [0, 0.05) is 44.4 Å². The Labute approximate surface area is 257 Å². The standard InChI is InChI=1S/C17H14P.2C5H5.4CO.Mn.Ti/c1-3-9-15(10-4-1)18(17-13-7-8-14-17)16-11-5-2-6-12-16;2*1-2-4-5-3-1;4*1-2;;/h1-14H;2*1-5H;;;;;;. The smallest absolute Gasteiger partial charge is 0.0161 e. The van der Waals surface area contributed by atoms with Crippen molar-refractivity contribution < 1.29 is 57.4 Å². The third-order valence-corrected chi connectivity index (χ3v) is 6.49. The Balaban J connectivity index is -0.000000240. The van der Waals surface area contributed by atoms with Crippen molar-refractivity contribution in [3.05, 3.63) is 183 Å². The molecule has 0 saturated heterocycles. The summed E-state index contributed by atoms with van der Waals surface area (Å²) in [6.07, 6.45) is 28.7. The van der Waals surface area contributed by atoms with Crippen LogP contribution in [-0.2, 0) is 57.4 Å². The molecule has 0 aliphatic heterocycles. The Hall–Kier alpha value is -0.936. The van der Waals surface area contributed by atoms with Crippen molar-refractivity contribution in [2.45, 2.75) is 0 Å². The molecule has 2 aromatic carbocycles. The molecule has 0 bridgehead atoms. The van der Waals surface area contributed by atoms with Crippen LogP contribution in [0.15, 0.2) is 60.7 Å². The quantitative estimate of drug-likeness (QED) is 0.198. The van der Waals surface area contributed by atoms with Crippen LogP contribution in [0.25, 0.3) is 0 Å². The molecule has 5 rings (SSSR count). The molecule has 7 heteroatoms. The van der Waals surface area contributed by atoms with E-state index in [0.29, 0.717) is 0 Å². The summed E-state index contributed by atoms with van der Waals surface area (Å²) in [5.41, 5.74) is 1.42. The maximum absolute atomic E-state index is 7.50. The van der Waals surface area contributed by atoms with Crippen LogP contribution in [-0.4, -0.2) is 0 Å². The van der Waals surface area contributed by atoms with E-state index >= 15 is 0 Å². The van der Waals surface area contributed by atoms with Gasteiger partial charge in [-0.2, -0.15) is 0 Å². The summed E-state index contributed by atoms with van der Waals surface area (Å²) in [6, 6.07) is 21.6. The molecule has 188 valence electrons. The zero-order chi connectivity index (χ0) is 27.3. The van der Waals surface area contributed by atoms with Crippen LogP contribution < -0.4 is 10.6 Å². The summed E-state index contributed by atoms with van der Waals surface area (Å²) in [7, 11) is -0.409. The van der Waals surface area contributed by atoms with Gasteiger partial charge in [0.2, 0.25) is 0 Å². The monoisotopic (exact) mass is 594 g/mol. The van der Waals surface area contributed by atoms with Crippen LogP contribution in [0.3, 0.4) is 0 Å². The normalized spacial score (nSPS) is 14.2. The molecule has 3 aliphatic carbocycles. The molecule has 16 radical (unpaired) electrons. The number of rotatable bonds is 3.